The summed E-state index contributed by atoms with van der Waals surface area (Å²) in [7, 11) is 2.98. The quantitative estimate of drug-likeness (QED) is 0.897. The molecule has 0 aliphatic rings. The molecule has 0 unspecified atom stereocenters. The summed E-state index contributed by atoms with van der Waals surface area (Å²) in [5.74, 6) is -0.408. The third-order valence-electron chi connectivity index (χ3n) is 3.04. The van der Waals surface area contributed by atoms with Crippen molar-refractivity contribution >= 4 is 11.6 Å². The number of benzene rings is 1. The average Bonchev–Trinajstić information content (AvgIpc) is 2.41. The van der Waals surface area contributed by atoms with E-state index < -0.39 is 17.6 Å². The van der Waals surface area contributed by atoms with Crippen LogP contribution in [0.1, 0.15) is 35.7 Å². The maximum Gasteiger partial charge on any atom is 0.418 e. The smallest absolute Gasteiger partial charge is 0.387 e. The Balaban J connectivity index is 3.15. The number of amides is 1. The Hall–Kier alpha value is -1.72. The lowest BCUT2D eigenvalue weighted by Crippen LogP contribution is -2.29. The van der Waals surface area contributed by atoms with E-state index in [1.807, 2.05) is 6.92 Å². The first-order chi connectivity index (χ1) is 9.32. The molecule has 20 heavy (non-hydrogen) atoms. The number of nitrogens with zero attached hydrogens (tertiary/aromatic N) is 1. The molecular formula is C14H19F3N2O. The minimum Gasteiger partial charge on any atom is -0.387 e. The van der Waals surface area contributed by atoms with Crippen LogP contribution in [0.3, 0.4) is 0 Å². The van der Waals surface area contributed by atoms with Crippen molar-refractivity contribution in [3.63, 3.8) is 0 Å². The molecule has 1 amide bonds. The molecule has 1 rings (SSSR count). The third-order valence-corrected chi connectivity index (χ3v) is 3.04. The summed E-state index contributed by atoms with van der Waals surface area (Å²) in [6.07, 6.45) is -2.76. The highest BCUT2D eigenvalue weighted by Gasteiger charge is 2.35. The molecule has 0 bridgehead atoms. The molecule has 0 aromatic heterocycles. The minimum atomic E-state index is -4.49. The van der Waals surface area contributed by atoms with Gasteiger partial charge in [0.05, 0.1) is 16.8 Å². The van der Waals surface area contributed by atoms with Crippen molar-refractivity contribution in [2.24, 2.45) is 0 Å². The van der Waals surface area contributed by atoms with Gasteiger partial charge >= 0.3 is 6.18 Å². The number of halogens is 3. The molecule has 0 fully saturated rings. The van der Waals surface area contributed by atoms with Crippen molar-refractivity contribution in [2.45, 2.75) is 25.9 Å². The van der Waals surface area contributed by atoms with Crippen LogP contribution in [-0.2, 0) is 6.18 Å². The number of nitrogens with one attached hydrogen (secondary N) is 1. The zero-order chi connectivity index (χ0) is 15.3. The molecule has 0 aliphatic heterocycles. The molecule has 0 radical (unpaired) electrons. The van der Waals surface area contributed by atoms with Crippen molar-refractivity contribution in [2.75, 3.05) is 26.0 Å². The van der Waals surface area contributed by atoms with E-state index in [1.54, 1.807) is 7.05 Å². The van der Waals surface area contributed by atoms with Gasteiger partial charge in [0.25, 0.3) is 5.91 Å². The van der Waals surface area contributed by atoms with Gasteiger partial charge in [-0.05, 0) is 18.6 Å². The topological polar surface area (TPSA) is 32.3 Å². The van der Waals surface area contributed by atoms with E-state index in [4.69, 9.17) is 0 Å². The number of carbonyl (C=O) groups excluding carboxylic acids is 1. The van der Waals surface area contributed by atoms with Gasteiger partial charge in [-0.1, -0.05) is 19.4 Å². The molecule has 1 N–H and O–H groups in total. The monoisotopic (exact) mass is 288 g/mol. The summed E-state index contributed by atoms with van der Waals surface area (Å²) in [4.78, 5) is 13.7. The highest BCUT2D eigenvalue weighted by atomic mass is 19.4. The summed E-state index contributed by atoms with van der Waals surface area (Å²) in [6.45, 7) is 2.51. The van der Waals surface area contributed by atoms with E-state index in [1.165, 1.54) is 24.1 Å². The summed E-state index contributed by atoms with van der Waals surface area (Å²) < 4.78 is 38.8. The standard InChI is InChI=1S/C14H19F3N2O/c1-4-5-9-19(3)13(20)10-7-6-8-11(12(10)18-2)14(15,16)17/h6-8,18H,4-5,9H2,1-3H3. The van der Waals surface area contributed by atoms with Gasteiger partial charge in [-0.3, -0.25) is 4.79 Å². The number of para-hydroxylation sites is 1. The van der Waals surface area contributed by atoms with Crippen LogP contribution in [-0.4, -0.2) is 31.4 Å². The maximum absolute atomic E-state index is 12.9. The molecule has 0 atom stereocenters. The molecule has 0 heterocycles. The van der Waals surface area contributed by atoms with Gasteiger partial charge in [0.2, 0.25) is 0 Å². The minimum absolute atomic E-state index is 0.0425. The summed E-state index contributed by atoms with van der Waals surface area (Å²) in [6, 6.07) is 3.63. The number of unbranched alkanes of at least 4 members (excludes halogenated alkanes) is 1. The fourth-order valence-electron chi connectivity index (χ4n) is 1.94. The molecular weight excluding hydrogens is 269 g/mol. The molecule has 112 valence electrons. The van der Waals surface area contributed by atoms with Crippen molar-refractivity contribution in [1.82, 2.24) is 4.90 Å². The number of hydrogen-bond donors (Lipinski definition) is 1. The van der Waals surface area contributed by atoms with Crippen LogP contribution in [0.5, 0.6) is 0 Å². The van der Waals surface area contributed by atoms with E-state index in [0.29, 0.717) is 6.54 Å². The Bertz CT molecular complexity index is 472. The Kier molecular flexibility index (Phi) is 5.42. The van der Waals surface area contributed by atoms with Crippen LogP contribution in [0.2, 0.25) is 0 Å². The molecule has 3 nitrogen and oxygen atoms in total. The highest BCUT2D eigenvalue weighted by Crippen LogP contribution is 2.36. The van der Waals surface area contributed by atoms with Crippen molar-refractivity contribution in [3.05, 3.63) is 29.3 Å². The van der Waals surface area contributed by atoms with Gasteiger partial charge in [-0.2, -0.15) is 13.2 Å². The van der Waals surface area contributed by atoms with Crippen molar-refractivity contribution in [1.29, 1.82) is 0 Å². The van der Waals surface area contributed by atoms with Crippen LogP contribution >= 0.6 is 0 Å². The molecule has 0 saturated carbocycles. The third kappa shape index (κ3) is 3.65. The highest BCUT2D eigenvalue weighted by molar-refractivity contribution is 6.00. The SMILES string of the molecule is CCCCN(C)C(=O)c1cccc(C(F)(F)F)c1NC. The number of hydrogen-bond acceptors (Lipinski definition) is 2. The molecule has 0 spiro atoms. The van der Waals surface area contributed by atoms with E-state index >= 15 is 0 Å². The van der Waals surface area contributed by atoms with Gasteiger partial charge in [0.1, 0.15) is 0 Å². The Labute approximate surface area is 116 Å². The van der Waals surface area contributed by atoms with Gasteiger partial charge in [0, 0.05) is 20.6 Å². The largest absolute Gasteiger partial charge is 0.418 e. The number of carbonyl (C=O) groups is 1. The van der Waals surface area contributed by atoms with Crippen LogP contribution < -0.4 is 5.32 Å². The lowest BCUT2D eigenvalue weighted by atomic mass is 10.1. The van der Waals surface area contributed by atoms with Gasteiger partial charge < -0.3 is 10.2 Å². The van der Waals surface area contributed by atoms with Crippen LogP contribution in [0.15, 0.2) is 18.2 Å². The molecule has 0 aliphatic carbocycles. The second kappa shape index (κ2) is 6.63. The van der Waals surface area contributed by atoms with E-state index in [9.17, 15) is 18.0 Å². The zero-order valence-electron chi connectivity index (χ0n) is 11.8. The van der Waals surface area contributed by atoms with Gasteiger partial charge in [-0.15, -0.1) is 0 Å². The van der Waals surface area contributed by atoms with Gasteiger partial charge in [-0.25, -0.2) is 0 Å². The summed E-state index contributed by atoms with van der Waals surface area (Å²) in [5, 5.41) is 2.50. The maximum atomic E-state index is 12.9. The first-order valence-electron chi connectivity index (χ1n) is 6.46. The van der Waals surface area contributed by atoms with E-state index in [0.717, 1.165) is 18.9 Å². The summed E-state index contributed by atoms with van der Waals surface area (Å²) in [5.41, 5.74) is -0.955. The zero-order valence-corrected chi connectivity index (χ0v) is 11.8. The number of anilines is 1. The van der Waals surface area contributed by atoms with Crippen LogP contribution in [0.4, 0.5) is 18.9 Å². The van der Waals surface area contributed by atoms with Gasteiger partial charge in [0.15, 0.2) is 0 Å². The molecule has 1 aromatic carbocycles. The molecule has 0 saturated heterocycles. The molecule has 6 heteroatoms. The predicted octanol–water partition coefficient (Wildman–Crippen LogP) is 3.62. The average molecular weight is 288 g/mol. The Morgan fingerprint density at radius 2 is 2.00 bits per heavy atom. The predicted molar refractivity (Wildman–Crippen MR) is 72.9 cm³/mol. The van der Waals surface area contributed by atoms with Crippen molar-refractivity contribution < 1.29 is 18.0 Å². The second-order valence-electron chi connectivity index (χ2n) is 4.56. The first kappa shape index (κ1) is 16.3. The fraction of sp³-hybridized carbons (Fsp3) is 0.500. The lowest BCUT2D eigenvalue weighted by molar-refractivity contribution is -0.136. The van der Waals surface area contributed by atoms with Crippen molar-refractivity contribution in [3.8, 4) is 0 Å². The normalized spacial score (nSPS) is 11.3. The number of alkyl halides is 3. The van der Waals surface area contributed by atoms with E-state index in [2.05, 4.69) is 5.32 Å². The number of rotatable bonds is 5. The fourth-order valence-corrected chi connectivity index (χ4v) is 1.94. The Morgan fingerprint density at radius 3 is 2.50 bits per heavy atom. The molecule has 1 aromatic rings. The first-order valence-corrected chi connectivity index (χ1v) is 6.46. The second-order valence-corrected chi connectivity index (χ2v) is 4.56. The Morgan fingerprint density at radius 1 is 1.35 bits per heavy atom. The summed E-state index contributed by atoms with van der Waals surface area (Å²) >= 11 is 0. The van der Waals surface area contributed by atoms with Crippen LogP contribution in [0, 0.1) is 0 Å². The van der Waals surface area contributed by atoms with Crippen LogP contribution in [0.25, 0.3) is 0 Å². The van der Waals surface area contributed by atoms with E-state index in [-0.39, 0.29) is 11.3 Å². The lowest BCUT2D eigenvalue weighted by Gasteiger charge is -2.21.